The lowest BCUT2D eigenvalue weighted by molar-refractivity contribution is -0.339. The molecule has 9 fully saturated rings. The van der Waals surface area contributed by atoms with E-state index < -0.39 is 84.6 Å². The van der Waals surface area contributed by atoms with Crippen LogP contribution in [0.25, 0.3) is 0 Å². The zero-order valence-electron chi connectivity index (χ0n) is 44.9. The lowest BCUT2D eigenvalue weighted by atomic mass is 9.76. The fraction of sp³-hybridized carbons (Fsp3) is 0.800. The zero-order chi connectivity index (χ0) is 52.2. The van der Waals surface area contributed by atoms with E-state index in [1.807, 2.05) is 37.3 Å². The maximum Gasteiger partial charge on any atom is 0.171 e. The van der Waals surface area contributed by atoms with E-state index in [0.29, 0.717) is 51.6 Å². The molecule has 16 heteroatoms. The first-order valence-corrected chi connectivity index (χ1v) is 29.3. The van der Waals surface area contributed by atoms with Gasteiger partial charge in [-0.2, -0.15) is 0 Å². The van der Waals surface area contributed by atoms with Gasteiger partial charge in [0.25, 0.3) is 0 Å². The van der Waals surface area contributed by atoms with E-state index in [2.05, 4.69) is 64.7 Å². The molecule has 3 unspecified atom stereocenters. The molecule has 13 heterocycles. The molecule has 0 amide bonds. The molecule has 3 N–H and O–H groups in total. The summed E-state index contributed by atoms with van der Waals surface area (Å²) in [5.41, 5.74) is -1.01. The number of hydrogen-bond donors (Lipinski definition) is 3. The maximum absolute atomic E-state index is 12.4. The van der Waals surface area contributed by atoms with Crippen LogP contribution in [0.1, 0.15) is 105 Å². The van der Waals surface area contributed by atoms with Crippen LogP contribution in [0, 0.1) is 23.7 Å². The van der Waals surface area contributed by atoms with Gasteiger partial charge in [-0.3, -0.25) is 0 Å². The topological polar surface area (TPSA) is 181 Å². The number of allylic oxidation sites excluding steroid dienone is 2. The van der Waals surface area contributed by atoms with Crippen LogP contribution in [0.15, 0.2) is 73.4 Å². The molecule has 76 heavy (non-hydrogen) atoms. The SMILES string of the molecule is C=C/C=C/[C@H]1C=CC[C@@H]2O[C@@H]3C[C@@H]4O[C@@H]5C=C[C@@H]6O[C@@H]7CC(O)[C@]8(C)O[C@@H]9C[C@H](C)C[C@@H]%10O[C@@H]%11C(C)C(O)[C@@H]%12O[C@]%13(CCCO%13)[C@@H](C)[C@H](C)[C@H]%12O[C@H]%11C[C@H]%10O[C@H]9C[C@H]8O[C@H]7C/C=C\C[C@H]6O[C@H]5C=C[C@H]4O[C@H]3[C@H](O)[C@H]2O1. The van der Waals surface area contributed by atoms with Gasteiger partial charge in [-0.25, -0.2) is 0 Å². The third-order valence-corrected chi connectivity index (χ3v) is 20.3. The van der Waals surface area contributed by atoms with E-state index in [1.54, 1.807) is 6.08 Å². The number of hydrogen-bond acceptors (Lipinski definition) is 16. The van der Waals surface area contributed by atoms with Crippen molar-refractivity contribution in [3.05, 3.63) is 73.4 Å². The molecule has 0 aliphatic carbocycles. The molecule has 0 aromatic heterocycles. The molecule has 9 saturated heterocycles. The minimum absolute atomic E-state index is 0.0983. The van der Waals surface area contributed by atoms with Gasteiger partial charge < -0.3 is 76.9 Å². The first-order valence-electron chi connectivity index (χ1n) is 29.3. The van der Waals surface area contributed by atoms with Crippen LogP contribution < -0.4 is 0 Å². The lowest BCUT2D eigenvalue weighted by Gasteiger charge is -2.53. The average molecular weight is 1060 g/mol. The molecule has 13 aliphatic rings. The van der Waals surface area contributed by atoms with Crippen molar-refractivity contribution in [3.8, 4) is 0 Å². The van der Waals surface area contributed by atoms with Crippen LogP contribution in [0.2, 0.25) is 0 Å². The first kappa shape index (κ1) is 53.1. The van der Waals surface area contributed by atoms with Gasteiger partial charge in [-0.15, -0.1) is 0 Å². The molecule has 0 saturated carbocycles. The molecular weight excluding hydrogens is 977 g/mol. The van der Waals surface area contributed by atoms with Crippen molar-refractivity contribution < 1.29 is 76.9 Å². The second-order valence-electron chi connectivity index (χ2n) is 25.1. The third kappa shape index (κ3) is 9.58. The fourth-order valence-electron chi connectivity index (χ4n) is 15.8. The van der Waals surface area contributed by atoms with Crippen molar-refractivity contribution in [1.82, 2.24) is 0 Å². The van der Waals surface area contributed by atoms with Crippen LogP contribution in [0.4, 0.5) is 0 Å². The Labute approximate surface area is 448 Å². The van der Waals surface area contributed by atoms with Gasteiger partial charge in [0.15, 0.2) is 5.79 Å². The normalized spacial score (nSPS) is 57.1. The molecule has 0 aromatic carbocycles. The third-order valence-electron chi connectivity index (χ3n) is 20.3. The second kappa shape index (κ2) is 21.3. The Morgan fingerprint density at radius 3 is 1.92 bits per heavy atom. The van der Waals surface area contributed by atoms with Crippen molar-refractivity contribution in [2.24, 2.45) is 23.7 Å². The summed E-state index contributed by atoms with van der Waals surface area (Å²) in [4.78, 5) is 0. The highest BCUT2D eigenvalue weighted by molar-refractivity contribution is 5.18. The molecule has 0 bridgehead atoms. The minimum Gasteiger partial charge on any atom is -0.390 e. The molecule has 16 nitrogen and oxygen atoms in total. The Bertz CT molecular complexity index is 2230. The van der Waals surface area contributed by atoms with Gasteiger partial charge in [0.2, 0.25) is 0 Å². The number of aliphatic hydroxyl groups excluding tert-OH is 3. The van der Waals surface area contributed by atoms with Crippen LogP contribution in [0.5, 0.6) is 0 Å². The van der Waals surface area contributed by atoms with E-state index >= 15 is 0 Å². The summed E-state index contributed by atoms with van der Waals surface area (Å²) in [6.07, 6.45) is 18.3. The predicted octanol–water partition coefficient (Wildman–Crippen LogP) is 5.83. The number of rotatable bonds is 2. The quantitative estimate of drug-likeness (QED) is 0.222. The van der Waals surface area contributed by atoms with Crippen LogP contribution >= 0.6 is 0 Å². The van der Waals surface area contributed by atoms with Crippen LogP contribution in [-0.2, 0) is 61.6 Å². The summed E-state index contributed by atoms with van der Waals surface area (Å²) in [6.45, 7) is 15.2. The Morgan fingerprint density at radius 1 is 0.500 bits per heavy atom. The summed E-state index contributed by atoms with van der Waals surface area (Å²) >= 11 is 0. The van der Waals surface area contributed by atoms with Crippen molar-refractivity contribution in [2.45, 2.75) is 269 Å². The Morgan fingerprint density at radius 2 is 1.13 bits per heavy atom. The van der Waals surface area contributed by atoms with E-state index in [1.165, 1.54) is 0 Å². The van der Waals surface area contributed by atoms with E-state index in [9.17, 15) is 15.3 Å². The van der Waals surface area contributed by atoms with Crippen molar-refractivity contribution in [1.29, 1.82) is 0 Å². The first-order chi connectivity index (χ1) is 36.8. The standard InChI is InChI=1S/C60H84O16/c1-7-8-13-34-14-11-17-41-56(65-34)53(63)57-49(69-41)26-43-40(72-57)21-20-38-39(67-43)19-18-37-35(66-38)15-9-10-16-36-45(68-37)28-50(61)59(6)51(71-36)29-46-47(75-59)25-30(2)24-42-44(70-46)27-48-54(73-42)32(4)52(62)58-55(74-48)31(3)33(5)60(76-58)22-12-23-64-60/h7-11,13-14,18-21,30-58,61-63H,1,12,15-17,22-29H2,2-6H3/b10-9-,13-8+/t30-,31+,32?,33+,34+,35-,36+,37+,38+,39-,40-,41+,42+,43+,44-,45-,46+,47-,48+,49-,50?,51-,52?,53-,54-,55-,56+,57-,58+,59+,60-/m1/s1. The summed E-state index contributed by atoms with van der Waals surface area (Å²) in [7, 11) is 0. The monoisotopic (exact) mass is 1060 g/mol. The summed E-state index contributed by atoms with van der Waals surface area (Å²) in [5.74, 6) is -0.482. The molecule has 13 rings (SSSR count). The number of aliphatic hydroxyl groups is 3. The van der Waals surface area contributed by atoms with E-state index in [-0.39, 0.29) is 103 Å². The second-order valence-corrected chi connectivity index (χ2v) is 25.1. The average Bonchev–Trinajstić information content (AvgIpc) is 3.62. The smallest absolute Gasteiger partial charge is 0.171 e. The van der Waals surface area contributed by atoms with Gasteiger partial charge in [-0.05, 0) is 57.3 Å². The van der Waals surface area contributed by atoms with Crippen molar-refractivity contribution in [3.63, 3.8) is 0 Å². The lowest BCUT2D eigenvalue weighted by Crippen LogP contribution is -2.63. The number of fused-ring (bicyclic) bond motifs is 11. The van der Waals surface area contributed by atoms with E-state index in [4.69, 9.17) is 61.6 Å². The Balaban J connectivity index is 0.686. The largest absolute Gasteiger partial charge is 0.390 e. The molecular formula is C60H84O16. The molecule has 0 radical (unpaired) electrons. The molecule has 0 aromatic rings. The van der Waals surface area contributed by atoms with Crippen molar-refractivity contribution in [2.75, 3.05) is 6.61 Å². The molecule has 13 aliphatic heterocycles. The molecule has 420 valence electrons. The summed E-state index contributed by atoms with van der Waals surface area (Å²) in [5, 5.41) is 36.2. The maximum atomic E-state index is 12.4. The summed E-state index contributed by atoms with van der Waals surface area (Å²) in [6, 6.07) is 0. The number of ether oxygens (including phenoxy) is 13. The van der Waals surface area contributed by atoms with Gasteiger partial charge >= 0.3 is 0 Å². The van der Waals surface area contributed by atoms with Crippen LogP contribution in [0.3, 0.4) is 0 Å². The van der Waals surface area contributed by atoms with Gasteiger partial charge in [0.05, 0.1) is 110 Å². The Kier molecular flexibility index (Phi) is 14.9. The highest BCUT2D eigenvalue weighted by atomic mass is 16.7. The summed E-state index contributed by atoms with van der Waals surface area (Å²) < 4.78 is 89.5. The zero-order valence-corrected chi connectivity index (χ0v) is 44.9. The Hall–Kier alpha value is -2.20. The molecule has 31 atom stereocenters. The predicted molar refractivity (Wildman–Crippen MR) is 275 cm³/mol. The van der Waals surface area contributed by atoms with Crippen molar-refractivity contribution >= 4 is 0 Å². The minimum atomic E-state index is -1.01. The van der Waals surface area contributed by atoms with Crippen LogP contribution in [-0.4, -0.2) is 186 Å². The van der Waals surface area contributed by atoms with Gasteiger partial charge in [0, 0.05) is 43.9 Å². The van der Waals surface area contributed by atoms with E-state index in [0.717, 1.165) is 25.7 Å². The fourth-order valence-corrected chi connectivity index (χ4v) is 15.8. The van der Waals surface area contributed by atoms with Gasteiger partial charge in [0.1, 0.15) is 54.4 Å². The molecule has 1 spiro atoms. The van der Waals surface area contributed by atoms with Gasteiger partial charge in [-0.1, -0.05) is 101 Å². The highest BCUT2D eigenvalue weighted by Crippen LogP contribution is 2.52. The highest BCUT2D eigenvalue weighted by Gasteiger charge is 2.62.